The molecule has 21 heavy (non-hydrogen) atoms. The highest BCUT2D eigenvalue weighted by atomic mass is 32.2. The van der Waals surface area contributed by atoms with Crippen molar-refractivity contribution in [3.63, 3.8) is 0 Å². The normalized spacial score (nSPS) is 12.0. The molecule has 1 rings (SSSR count). The Bertz CT molecular complexity index is 609. The first-order valence-corrected chi connectivity index (χ1v) is 8.38. The molecule has 0 unspecified atom stereocenters. The van der Waals surface area contributed by atoms with Crippen LogP contribution in [-0.2, 0) is 14.8 Å². The molecule has 0 atom stereocenters. The van der Waals surface area contributed by atoms with Crippen molar-refractivity contribution >= 4 is 21.6 Å². The van der Waals surface area contributed by atoms with Crippen LogP contribution in [0, 0.1) is 11.2 Å². The lowest BCUT2D eigenvalue weighted by atomic mass is 9.96. The molecule has 7 heteroatoms. The molecule has 0 saturated heterocycles. The molecule has 0 bridgehead atoms. The monoisotopic (exact) mass is 316 g/mol. The number of hydrogen-bond acceptors (Lipinski definition) is 3. The van der Waals surface area contributed by atoms with Gasteiger partial charge >= 0.3 is 0 Å². The molecule has 1 amide bonds. The zero-order valence-corrected chi connectivity index (χ0v) is 13.5. The van der Waals surface area contributed by atoms with Gasteiger partial charge in [-0.25, -0.2) is 12.8 Å². The zero-order valence-electron chi connectivity index (χ0n) is 12.7. The summed E-state index contributed by atoms with van der Waals surface area (Å²) in [6.07, 6.45) is 1.05. The van der Waals surface area contributed by atoms with Crippen molar-refractivity contribution in [2.75, 3.05) is 23.7 Å². The maximum absolute atomic E-state index is 13.2. The largest absolute Gasteiger partial charge is 0.354 e. The second-order valence-corrected chi connectivity index (χ2v) is 7.73. The fourth-order valence-corrected chi connectivity index (χ4v) is 2.57. The van der Waals surface area contributed by atoms with E-state index in [9.17, 15) is 17.6 Å². The third-order valence-corrected chi connectivity index (χ3v) is 3.97. The van der Waals surface area contributed by atoms with E-state index in [1.165, 1.54) is 18.2 Å². The number of hydrogen-bond donors (Lipinski definition) is 1. The Labute approximate surface area is 125 Å². The summed E-state index contributed by atoms with van der Waals surface area (Å²) in [5.74, 6) is -0.685. The average molecular weight is 316 g/mol. The van der Waals surface area contributed by atoms with Crippen molar-refractivity contribution in [1.82, 2.24) is 5.32 Å². The Morgan fingerprint density at radius 3 is 2.43 bits per heavy atom. The molecule has 0 saturated carbocycles. The van der Waals surface area contributed by atoms with Gasteiger partial charge in [0.15, 0.2) is 0 Å². The minimum atomic E-state index is -3.55. The van der Waals surface area contributed by atoms with Crippen molar-refractivity contribution in [2.45, 2.75) is 20.8 Å². The molecule has 0 heterocycles. The van der Waals surface area contributed by atoms with Crippen LogP contribution in [0.15, 0.2) is 24.3 Å². The summed E-state index contributed by atoms with van der Waals surface area (Å²) in [5, 5.41) is 2.67. The molecule has 0 spiro atoms. The van der Waals surface area contributed by atoms with E-state index in [0.29, 0.717) is 0 Å². The molecule has 0 aliphatic rings. The summed E-state index contributed by atoms with van der Waals surface area (Å²) in [7, 11) is -3.55. The van der Waals surface area contributed by atoms with E-state index in [4.69, 9.17) is 0 Å². The number of amides is 1. The molecule has 0 aliphatic heterocycles. The van der Waals surface area contributed by atoms with Crippen LogP contribution in [0.5, 0.6) is 0 Å². The number of benzene rings is 1. The van der Waals surface area contributed by atoms with Crippen LogP contribution in [0.3, 0.4) is 0 Å². The van der Waals surface area contributed by atoms with Crippen LogP contribution < -0.4 is 9.62 Å². The van der Waals surface area contributed by atoms with E-state index in [0.717, 1.165) is 16.6 Å². The van der Waals surface area contributed by atoms with E-state index < -0.39 is 21.3 Å². The van der Waals surface area contributed by atoms with Crippen molar-refractivity contribution in [1.29, 1.82) is 0 Å². The summed E-state index contributed by atoms with van der Waals surface area (Å²) < 4.78 is 37.9. The van der Waals surface area contributed by atoms with Crippen LogP contribution in [-0.4, -0.2) is 33.7 Å². The van der Waals surface area contributed by atoms with Gasteiger partial charge in [0.1, 0.15) is 5.82 Å². The quantitative estimate of drug-likeness (QED) is 0.900. The van der Waals surface area contributed by atoms with Crippen molar-refractivity contribution in [2.24, 2.45) is 5.41 Å². The number of rotatable bonds is 5. The molecular weight excluding hydrogens is 295 g/mol. The summed E-state index contributed by atoms with van der Waals surface area (Å²) >= 11 is 0. The highest BCUT2D eigenvalue weighted by molar-refractivity contribution is 7.92. The lowest BCUT2D eigenvalue weighted by Gasteiger charge is -2.24. The predicted molar refractivity (Wildman–Crippen MR) is 81.1 cm³/mol. The second kappa shape index (κ2) is 6.43. The molecule has 1 N–H and O–H groups in total. The number of anilines is 1. The summed E-state index contributed by atoms with van der Waals surface area (Å²) in [6.45, 7) is 5.50. The van der Waals surface area contributed by atoms with Gasteiger partial charge in [-0.05, 0) is 18.2 Å². The Hall–Kier alpha value is -1.63. The highest BCUT2D eigenvalue weighted by Crippen LogP contribution is 2.18. The topological polar surface area (TPSA) is 66.5 Å². The van der Waals surface area contributed by atoms with Gasteiger partial charge in [0.05, 0.1) is 18.5 Å². The van der Waals surface area contributed by atoms with Crippen LogP contribution in [0.1, 0.15) is 20.8 Å². The third-order valence-electron chi connectivity index (χ3n) is 2.78. The minimum Gasteiger partial charge on any atom is -0.354 e. The van der Waals surface area contributed by atoms with Gasteiger partial charge in [-0.15, -0.1) is 0 Å². The smallest absolute Gasteiger partial charge is 0.232 e. The Balaban J connectivity index is 2.81. The fourth-order valence-electron chi connectivity index (χ4n) is 1.65. The molecule has 0 fully saturated rings. The predicted octanol–water partition coefficient (Wildman–Crippen LogP) is 1.75. The number of nitrogens with one attached hydrogen (secondary N) is 1. The minimum absolute atomic E-state index is 0.0457. The van der Waals surface area contributed by atoms with E-state index >= 15 is 0 Å². The summed E-state index contributed by atoms with van der Waals surface area (Å²) in [4.78, 5) is 11.7. The number of nitrogens with zero attached hydrogens (tertiary/aromatic N) is 1. The summed E-state index contributed by atoms with van der Waals surface area (Å²) in [6, 6.07) is 5.34. The standard InChI is InChI=1S/C14H21FN2O3S/c1-14(2,3)13(18)16-8-9-17(21(4,19)20)12-7-5-6-11(15)10-12/h5-7,10H,8-9H2,1-4H3,(H,16,18). The van der Waals surface area contributed by atoms with E-state index in [1.54, 1.807) is 20.8 Å². The van der Waals surface area contributed by atoms with Crippen LogP contribution in [0.25, 0.3) is 0 Å². The molecule has 5 nitrogen and oxygen atoms in total. The molecule has 0 radical (unpaired) electrons. The summed E-state index contributed by atoms with van der Waals surface area (Å²) in [5.41, 5.74) is -0.308. The second-order valence-electron chi connectivity index (χ2n) is 5.82. The Kier molecular flexibility index (Phi) is 5.33. The van der Waals surface area contributed by atoms with Crippen LogP contribution >= 0.6 is 0 Å². The van der Waals surface area contributed by atoms with Crippen molar-refractivity contribution in [3.8, 4) is 0 Å². The number of halogens is 1. The molecule has 1 aromatic carbocycles. The van der Waals surface area contributed by atoms with Gasteiger partial charge < -0.3 is 5.32 Å². The van der Waals surface area contributed by atoms with E-state index in [-0.39, 0.29) is 24.7 Å². The lowest BCUT2D eigenvalue weighted by molar-refractivity contribution is -0.128. The molecular formula is C14H21FN2O3S. The third kappa shape index (κ3) is 5.34. The van der Waals surface area contributed by atoms with E-state index in [2.05, 4.69) is 5.32 Å². The first-order valence-electron chi connectivity index (χ1n) is 6.53. The van der Waals surface area contributed by atoms with Gasteiger partial charge in [0.2, 0.25) is 15.9 Å². The van der Waals surface area contributed by atoms with Crippen molar-refractivity contribution < 1.29 is 17.6 Å². The lowest BCUT2D eigenvalue weighted by Crippen LogP contribution is -2.41. The highest BCUT2D eigenvalue weighted by Gasteiger charge is 2.22. The SMILES string of the molecule is CC(C)(C)C(=O)NCCN(c1cccc(F)c1)S(C)(=O)=O. The average Bonchev–Trinajstić information content (AvgIpc) is 2.31. The number of carbonyl (C=O) groups is 1. The maximum atomic E-state index is 13.2. The van der Waals surface area contributed by atoms with Gasteiger partial charge in [-0.3, -0.25) is 9.10 Å². The van der Waals surface area contributed by atoms with Gasteiger partial charge in [0.25, 0.3) is 0 Å². The number of carbonyl (C=O) groups excluding carboxylic acids is 1. The fraction of sp³-hybridized carbons (Fsp3) is 0.500. The van der Waals surface area contributed by atoms with Gasteiger partial charge in [-0.1, -0.05) is 26.8 Å². The van der Waals surface area contributed by atoms with Crippen LogP contribution in [0.2, 0.25) is 0 Å². The molecule has 1 aromatic rings. The first-order chi connectivity index (χ1) is 9.51. The van der Waals surface area contributed by atoms with E-state index in [1.807, 2.05) is 0 Å². The Morgan fingerprint density at radius 1 is 1.33 bits per heavy atom. The Morgan fingerprint density at radius 2 is 1.95 bits per heavy atom. The molecule has 0 aliphatic carbocycles. The maximum Gasteiger partial charge on any atom is 0.232 e. The van der Waals surface area contributed by atoms with Gasteiger partial charge in [-0.2, -0.15) is 0 Å². The van der Waals surface area contributed by atoms with Crippen molar-refractivity contribution in [3.05, 3.63) is 30.1 Å². The zero-order chi connectivity index (χ0) is 16.3. The van der Waals surface area contributed by atoms with Gasteiger partial charge in [0, 0.05) is 12.0 Å². The first kappa shape index (κ1) is 17.4. The molecule has 0 aromatic heterocycles. The molecule has 118 valence electrons. The number of sulfonamides is 1. The van der Waals surface area contributed by atoms with Crippen LogP contribution in [0.4, 0.5) is 10.1 Å².